The van der Waals surface area contributed by atoms with Gasteiger partial charge in [0.1, 0.15) is 5.82 Å². The molecule has 0 saturated heterocycles. The number of carbonyl (C=O) groups is 1. The normalized spacial score (nSPS) is 10.1. The molecule has 1 aromatic heterocycles. The third-order valence-corrected chi connectivity index (χ3v) is 1.47. The number of nitrogens with zero attached hydrogens (tertiary/aromatic N) is 1. The van der Waals surface area contributed by atoms with Gasteiger partial charge in [0.05, 0.1) is 0 Å². The van der Waals surface area contributed by atoms with Gasteiger partial charge in [-0.2, -0.15) is 0 Å². The molecule has 0 saturated carbocycles. The first kappa shape index (κ1) is 10.2. The first-order valence-electron chi connectivity index (χ1n) is 4.46. The zero-order valence-corrected chi connectivity index (χ0v) is 8.03. The molecule has 0 aromatic carbocycles. The number of aromatic nitrogens is 1. The van der Waals surface area contributed by atoms with Crippen LogP contribution in [0.4, 0.5) is 10.6 Å². The molecule has 1 heterocycles. The Kier molecular flexibility index (Phi) is 4.20. The van der Waals surface area contributed by atoms with E-state index in [9.17, 15) is 4.79 Å². The van der Waals surface area contributed by atoms with Crippen molar-refractivity contribution in [2.45, 2.75) is 13.3 Å². The van der Waals surface area contributed by atoms with Crippen LogP contribution in [0.2, 0.25) is 0 Å². The molecule has 4 nitrogen and oxygen atoms in total. The van der Waals surface area contributed by atoms with Crippen molar-refractivity contribution in [3.05, 3.63) is 36.7 Å². The zero-order chi connectivity index (χ0) is 10.2. The Bertz CT molecular complexity index is 308. The fraction of sp³-hybridized carbons (Fsp3) is 0.200. The maximum Gasteiger partial charge on any atom is 0.324 e. The summed E-state index contributed by atoms with van der Waals surface area (Å²) in [6.45, 7) is 1.99. The van der Waals surface area contributed by atoms with Gasteiger partial charge in [0.25, 0.3) is 0 Å². The van der Waals surface area contributed by atoms with Crippen LogP contribution in [0.25, 0.3) is 0 Å². The molecule has 74 valence electrons. The summed E-state index contributed by atoms with van der Waals surface area (Å²) in [6, 6.07) is 5.04. The summed E-state index contributed by atoms with van der Waals surface area (Å²) in [7, 11) is 0. The van der Waals surface area contributed by atoms with Crippen molar-refractivity contribution in [1.29, 1.82) is 0 Å². The summed E-state index contributed by atoms with van der Waals surface area (Å²) in [5.41, 5.74) is 0. The summed E-state index contributed by atoms with van der Waals surface area (Å²) in [6.07, 6.45) is 5.98. The van der Waals surface area contributed by atoms with Crippen molar-refractivity contribution in [1.82, 2.24) is 10.3 Å². The Morgan fingerprint density at radius 2 is 2.43 bits per heavy atom. The smallest absolute Gasteiger partial charge is 0.315 e. The Hall–Kier alpha value is -1.84. The number of pyridine rings is 1. The Labute approximate surface area is 83.0 Å². The average molecular weight is 191 g/mol. The zero-order valence-electron chi connectivity index (χ0n) is 8.03. The van der Waals surface area contributed by atoms with Crippen LogP contribution in [0.3, 0.4) is 0 Å². The van der Waals surface area contributed by atoms with Crippen LogP contribution in [0.5, 0.6) is 0 Å². The Morgan fingerprint density at radius 1 is 1.57 bits per heavy atom. The second kappa shape index (κ2) is 5.75. The van der Waals surface area contributed by atoms with E-state index >= 15 is 0 Å². The van der Waals surface area contributed by atoms with Gasteiger partial charge in [-0.15, -0.1) is 0 Å². The number of hydrogen-bond donors (Lipinski definition) is 2. The summed E-state index contributed by atoms with van der Waals surface area (Å²) in [5, 5.41) is 5.15. The van der Waals surface area contributed by atoms with Gasteiger partial charge in [-0.05, 0) is 18.6 Å². The van der Waals surface area contributed by atoms with Crippen molar-refractivity contribution in [2.75, 3.05) is 5.32 Å². The molecule has 0 aliphatic rings. The lowest BCUT2D eigenvalue weighted by molar-refractivity contribution is 0.255. The van der Waals surface area contributed by atoms with Crippen LogP contribution < -0.4 is 10.6 Å². The highest BCUT2D eigenvalue weighted by molar-refractivity contribution is 5.88. The largest absolute Gasteiger partial charge is 0.324 e. The van der Waals surface area contributed by atoms with Gasteiger partial charge in [-0.3, -0.25) is 5.32 Å². The van der Waals surface area contributed by atoms with Crippen molar-refractivity contribution in [2.24, 2.45) is 0 Å². The lowest BCUT2D eigenvalue weighted by atomic mass is 10.4. The SMILES string of the molecule is CC/C=C/NC(=O)Nc1ccccn1. The van der Waals surface area contributed by atoms with Crippen molar-refractivity contribution in [3.8, 4) is 0 Å². The van der Waals surface area contributed by atoms with Crippen LogP contribution in [-0.2, 0) is 0 Å². The number of hydrogen-bond acceptors (Lipinski definition) is 2. The predicted molar refractivity (Wildman–Crippen MR) is 55.8 cm³/mol. The third-order valence-electron chi connectivity index (χ3n) is 1.47. The molecular formula is C10H13N3O. The number of urea groups is 1. The molecule has 0 unspecified atom stereocenters. The number of nitrogens with one attached hydrogen (secondary N) is 2. The van der Waals surface area contributed by atoms with Gasteiger partial charge in [0.2, 0.25) is 0 Å². The molecule has 0 aliphatic heterocycles. The van der Waals surface area contributed by atoms with Crippen molar-refractivity contribution in [3.63, 3.8) is 0 Å². The fourth-order valence-corrected chi connectivity index (χ4v) is 0.842. The van der Waals surface area contributed by atoms with Crippen LogP contribution in [0.15, 0.2) is 36.7 Å². The van der Waals surface area contributed by atoms with Crippen molar-refractivity contribution < 1.29 is 4.79 Å². The van der Waals surface area contributed by atoms with Crippen LogP contribution in [-0.4, -0.2) is 11.0 Å². The molecule has 0 aliphatic carbocycles. The second-order valence-corrected chi connectivity index (χ2v) is 2.62. The minimum Gasteiger partial charge on any atom is -0.315 e. The average Bonchev–Trinajstić information content (AvgIpc) is 2.20. The van der Waals surface area contributed by atoms with Crippen LogP contribution >= 0.6 is 0 Å². The first-order valence-corrected chi connectivity index (χ1v) is 4.46. The minimum atomic E-state index is -0.284. The maximum atomic E-state index is 11.2. The highest BCUT2D eigenvalue weighted by atomic mass is 16.2. The standard InChI is InChI=1S/C10H13N3O/c1-2-3-7-12-10(14)13-9-6-4-5-8-11-9/h3-8H,2H2,1H3,(H2,11,12,13,14)/b7-3+. The summed E-state index contributed by atoms with van der Waals surface area (Å²) < 4.78 is 0. The Balaban J connectivity index is 2.38. The van der Waals surface area contributed by atoms with E-state index in [1.807, 2.05) is 19.1 Å². The first-order chi connectivity index (χ1) is 6.83. The summed E-state index contributed by atoms with van der Waals surface area (Å²) in [4.78, 5) is 15.1. The number of allylic oxidation sites excluding steroid dienone is 1. The number of anilines is 1. The topological polar surface area (TPSA) is 54.0 Å². The van der Waals surface area contributed by atoms with Gasteiger partial charge in [0, 0.05) is 12.4 Å². The number of amides is 2. The Morgan fingerprint density at radius 3 is 3.07 bits per heavy atom. The molecule has 0 spiro atoms. The maximum absolute atomic E-state index is 11.2. The molecule has 0 atom stereocenters. The predicted octanol–water partition coefficient (Wildman–Crippen LogP) is 2.13. The molecule has 2 amide bonds. The van der Waals surface area contributed by atoms with Gasteiger partial charge < -0.3 is 5.32 Å². The number of carbonyl (C=O) groups excluding carboxylic acids is 1. The van der Waals surface area contributed by atoms with E-state index in [-0.39, 0.29) is 6.03 Å². The lowest BCUT2D eigenvalue weighted by Crippen LogP contribution is -2.24. The summed E-state index contributed by atoms with van der Waals surface area (Å²) >= 11 is 0. The van der Waals surface area contributed by atoms with Gasteiger partial charge >= 0.3 is 6.03 Å². The highest BCUT2D eigenvalue weighted by Crippen LogP contribution is 1.98. The molecule has 1 aromatic rings. The summed E-state index contributed by atoms with van der Waals surface area (Å²) in [5.74, 6) is 0.537. The molecule has 0 fully saturated rings. The number of rotatable bonds is 3. The molecule has 4 heteroatoms. The van der Waals surface area contributed by atoms with Gasteiger partial charge in [-0.1, -0.05) is 19.1 Å². The molecule has 2 N–H and O–H groups in total. The van der Waals surface area contributed by atoms with E-state index < -0.39 is 0 Å². The second-order valence-electron chi connectivity index (χ2n) is 2.62. The van der Waals surface area contributed by atoms with E-state index in [0.29, 0.717) is 5.82 Å². The van der Waals surface area contributed by atoms with E-state index in [2.05, 4.69) is 15.6 Å². The van der Waals surface area contributed by atoms with Crippen molar-refractivity contribution >= 4 is 11.8 Å². The highest BCUT2D eigenvalue weighted by Gasteiger charge is 1.97. The fourth-order valence-electron chi connectivity index (χ4n) is 0.842. The quantitative estimate of drug-likeness (QED) is 0.768. The third kappa shape index (κ3) is 3.71. The van der Waals surface area contributed by atoms with Gasteiger partial charge in [-0.25, -0.2) is 9.78 Å². The monoisotopic (exact) mass is 191 g/mol. The van der Waals surface area contributed by atoms with Gasteiger partial charge in [0.15, 0.2) is 0 Å². The molecule has 1 rings (SSSR count). The van der Waals surface area contributed by atoms with E-state index in [0.717, 1.165) is 6.42 Å². The molecule has 0 radical (unpaired) electrons. The van der Waals surface area contributed by atoms with Crippen LogP contribution in [0.1, 0.15) is 13.3 Å². The minimum absolute atomic E-state index is 0.284. The van der Waals surface area contributed by atoms with Crippen LogP contribution in [0, 0.1) is 0 Å². The van der Waals surface area contributed by atoms with E-state index in [4.69, 9.17) is 0 Å². The molecule has 0 bridgehead atoms. The molecular weight excluding hydrogens is 178 g/mol. The molecule has 14 heavy (non-hydrogen) atoms. The van der Waals surface area contributed by atoms with E-state index in [1.54, 1.807) is 24.5 Å². The van der Waals surface area contributed by atoms with E-state index in [1.165, 1.54) is 0 Å². The lowest BCUT2D eigenvalue weighted by Gasteiger charge is -2.02.